The van der Waals surface area contributed by atoms with Crippen molar-refractivity contribution in [2.75, 3.05) is 38.5 Å². The zero-order valence-corrected chi connectivity index (χ0v) is 21.8. The smallest absolute Gasteiger partial charge is 0.256 e. The Hall–Kier alpha value is -3.43. The molecule has 9 nitrogen and oxygen atoms in total. The van der Waals surface area contributed by atoms with Crippen molar-refractivity contribution in [3.8, 4) is 0 Å². The topological polar surface area (TPSA) is 93.9 Å². The number of hydrogen-bond donors (Lipinski definition) is 2. The number of likely N-dealkylation sites (N-methyl/N-ethyl adjacent to an activating group) is 1. The third kappa shape index (κ3) is 5.85. The van der Waals surface area contributed by atoms with Gasteiger partial charge in [-0.25, -0.2) is 5.01 Å². The van der Waals surface area contributed by atoms with Crippen LogP contribution in [0.2, 0.25) is 0 Å². The van der Waals surface area contributed by atoms with Crippen molar-refractivity contribution in [1.29, 1.82) is 0 Å². The molecule has 1 aliphatic rings. The largest absolute Gasteiger partial charge is 0.376 e. The summed E-state index contributed by atoms with van der Waals surface area (Å²) in [7, 11) is 1.78. The molecule has 0 fully saturated rings. The van der Waals surface area contributed by atoms with Gasteiger partial charge in [0.2, 0.25) is 5.91 Å². The van der Waals surface area contributed by atoms with Gasteiger partial charge < -0.3 is 20.1 Å². The van der Waals surface area contributed by atoms with Gasteiger partial charge in [0.05, 0.1) is 12.2 Å². The summed E-state index contributed by atoms with van der Waals surface area (Å²) in [5.41, 5.74) is 5.77. The zero-order valence-electron chi connectivity index (χ0n) is 21.8. The molecule has 0 radical (unpaired) electrons. The Morgan fingerprint density at radius 2 is 1.81 bits per heavy atom. The number of carbonyl (C=O) groups is 2. The summed E-state index contributed by atoms with van der Waals surface area (Å²) in [6.45, 7) is 10.5. The molecule has 0 atom stereocenters. The molecular formula is C27H36N6O3. The Bertz CT molecular complexity index is 1210. The van der Waals surface area contributed by atoms with Crippen molar-refractivity contribution >= 4 is 28.5 Å². The van der Waals surface area contributed by atoms with Crippen LogP contribution in [-0.2, 0) is 22.7 Å². The van der Waals surface area contributed by atoms with E-state index >= 15 is 0 Å². The van der Waals surface area contributed by atoms with E-state index in [4.69, 9.17) is 4.52 Å². The lowest BCUT2D eigenvalue weighted by molar-refractivity contribution is -0.151. The Morgan fingerprint density at radius 3 is 2.47 bits per heavy atom. The van der Waals surface area contributed by atoms with E-state index in [0.29, 0.717) is 37.8 Å². The summed E-state index contributed by atoms with van der Waals surface area (Å²) in [6, 6.07) is 12.4. The molecule has 2 amide bonds. The van der Waals surface area contributed by atoms with Crippen LogP contribution >= 0.6 is 0 Å². The first-order valence-electron chi connectivity index (χ1n) is 12.4. The van der Waals surface area contributed by atoms with E-state index in [0.717, 1.165) is 22.3 Å². The summed E-state index contributed by atoms with van der Waals surface area (Å²) in [5.74, 6) is -0.254. The summed E-state index contributed by atoms with van der Waals surface area (Å²) >= 11 is 0. The van der Waals surface area contributed by atoms with Gasteiger partial charge in [0.1, 0.15) is 6.54 Å². The van der Waals surface area contributed by atoms with Crippen LogP contribution in [-0.4, -0.2) is 71.2 Å². The number of nitrogens with zero attached hydrogens (tertiary/aromatic N) is 4. The van der Waals surface area contributed by atoms with Crippen molar-refractivity contribution in [2.24, 2.45) is 0 Å². The van der Waals surface area contributed by atoms with Crippen molar-refractivity contribution in [1.82, 2.24) is 25.4 Å². The zero-order chi connectivity index (χ0) is 25.8. The molecule has 4 rings (SSSR count). The summed E-state index contributed by atoms with van der Waals surface area (Å²) in [4.78, 5) is 28.1. The van der Waals surface area contributed by atoms with Crippen molar-refractivity contribution in [2.45, 2.75) is 46.8 Å². The lowest BCUT2D eigenvalue weighted by Gasteiger charge is -2.31. The van der Waals surface area contributed by atoms with E-state index in [2.05, 4.69) is 41.8 Å². The second kappa shape index (κ2) is 11.1. The second-order valence-electron chi connectivity index (χ2n) is 9.72. The molecule has 0 spiro atoms. The average molecular weight is 493 g/mol. The molecule has 0 bridgehead atoms. The molecule has 192 valence electrons. The molecule has 36 heavy (non-hydrogen) atoms. The van der Waals surface area contributed by atoms with Crippen LogP contribution in [0.1, 0.15) is 36.2 Å². The maximum atomic E-state index is 13.2. The lowest BCUT2D eigenvalue weighted by atomic mass is 10.1. The number of hydrazine groups is 1. The summed E-state index contributed by atoms with van der Waals surface area (Å²) in [5, 5.41) is 15.2. The standard InChI is InChI=1S/C27H36N6O3/c1-18(2)28-10-11-32(17-27(35)31(5)33-15-21-8-6-7-9-22(21)16-33)26(34)14-29-24-13-25-23(12-19(24)3)20(4)30-36-25/h6-9,12-13,18,28-29H,10-11,14-17H2,1-5H3. The van der Waals surface area contributed by atoms with Crippen LogP contribution in [0.15, 0.2) is 40.9 Å². The quantitative estimate of drug-likeness (QED) is 0.449. The first-order valence-corrected chi connectivity index (χ1v) is 12.4. The van der Waals surface area contributed by atoms with Crippen LogP contribution in [0.4, 0.5) is 5.69 Å². The SMILES string of the molecule is Cc1cc2c(C)noc2cc1NCC(=O)N(CCNC(C)C)CC(=O)N(C)N1Cc2ccccc2C1. The van der Waals surface area contributed by atoms with Gasteiger partial charge in [-0.2, -0.15) is 0 Å². The number of aryl methyl sites for hydroxylation is 2. The van der Waals surface area contributed by atoms with Crippen LogP contribution in [0.5, 0.6) is 0 Å². The normalized spacial score (nSPS) is 13.3. The average Bonchev–Trinajstić information content (AvgIpc) is 3.44. The number of rotatable bonds is 10. The minimum atomic E-state index is -0.139. The van der Waals surface area contributed by atoms with E-state index < -0.39 is 0 Å². The maximum absolute atomic E-state index is 13.2. The molecule has 3 aromatic rings. The number of aromatic nitrogens is 1. The number of anilines is 1. The van der Waals surface area contributed by atoms with Gasteiger partial charge in [-0.05, 0) is 36.6 Å². The molecule has 1 aromatic heterocycles. The van der Waals surface area contributed by atoms with E-state index in [1.54, 1.807) is 17.0 Å². The predicted octanol–water partition coefficient (Wildman–Crippen LogP) is 3.07. The van der Waals surface area contributed by atoms with Crippen molar-refractivity contribution in [3.63, 3.8) is 0 Å². The van der Waals surface area contributed by atoms with E-state index in [-0.39, 0.29) is 24.9 Å². The number of nitrogens with one attached hydrogen (secondary N) is 2. The fourth-order valence-corrected chi connectivity index (χ4v) is 4.42. The highest BCUT2D eigenvalue weighted by Crippen LogP contribution is 2.26. The van der Waals surface area contributed by atoms with Gasteiger partial charge in [-0.3, -0.25) is 14.6 Å². The number of benzene rings is 2. The van der Waals surface area contributed by atoms with E-state index in [1.165, 1.54) is 11.1 Å². The molecule has 2 aromatic carbocycles. The van der Waals surface area contributed by atoms with Crippen LogP contribution in [0.25, 0.3) is 11.0 Å². The Balaban J connectivity index is 1.40. The molecule has 0 aliphatic carbocycles. The maximum Gasteiger partial charge on any atom is 0.256 e. The van der Waals surface area contributed by atoms with E-state index in [9.17, 15) is 9.59 Å². The molecule has 0 saturated carbocycles. The number of amides is 2. The summed E-state index contributed by atoms with van der Waals surface area (Å²) < 4.78 is 5.38. The van der Waals surface area contributed by atoms with Crippen LogP contribution < -0.4 is 10.6 Å². The molecule has 2 heterocycles. The van der Waals surface area contributed by atoms with E-state index in [1.807, 2.05) is 43.1 Å². The first-order chi connectivity index (χ1) is 17.2. The molecule has 0 saturated heterocycles. The minimum absolute atomic E-state index is 0.0168. The van der Waals surface area contributed by atoms with Gasteiger partial charge in [0, 0.05) is 56.4 Å². The number of fused-ring (bicyclic) bond motifs is 2. The Labute approximate surface area is 212 Å². The van der Waals surface area contributed by atoms with Gasteiger partial charge in [-0.1, -0.05) is 43.3 Å². The second-order valence-corrected chi connectivity index (χ2v) is 9.72. The van der Waals surface area contributed by atoms with Gasteiger partial charge >= 0.3 is 0 Å². The fraction of sp³-hybridized carbons (Fsp3) is 0.444. The molecule has 2 N–H and O–H groups in total. The third-order valence-corrected chi connectivity index (χ3v) is 6.65. The Morgan fingerprint density at radius 1 is 1.11 bits per heavy atom. The number of hydrogen-bond acceptors (Lipinski definition) is 7. The highest BCUT2D eigenvalue weighted by Gasteiger charge is 2.27. The third-order valence-electron chi connectivity index (χ3n) is 6.65. The first kappa shape index (κ1) is 25.7. The highest BCUT2D eigenvalue weighted by atomic mass is 16.5. The van der Waals surface area contributed by atoms with Gasteiger partial charge in [0.15, 0.2) is 5.58 Å². The Kier molecular flexibility index (Phi) is 7.91. The van der Waals surface area contributed by atoms with Gasteiger partial charge in [0.25, 0.3) is 5.91 Å². The highest BCUT2D eigenvalue weighted by molar-refractivity contribution is 5.88. The monoisotopic (exact) mass is 492 g/mol. The molecule has 0 unspecified atom stereocenters. The van der Waals surface area contributed by atoms with Crippen molar-refractivity contribution in [3.05, 3.63) is 58.8 Å². The molecular weight excluding hydrogens is 456 g/mol. The lowest BCUT2D eigenvalue weighted by Crippen LogP contribution is -2.49. The molecule has 9 heteroatoms. The fourth-order valence-electron chi connectivity index (χ4n) is 4.42. The van der Waals surface area contributed by atoms with Gasteiger partial charge in [-0.15, -0.1) is 0 Å². The van der Waals surface area contributed by atoms with Crippen LogP contribution in [0, 0.1) is 13.8 Å². The predicted molar refractivity (Wildman–Crippen MR) is 140 cm³/mol. The van der Waals surface area contributed by atoms with Crippen molar-refractivity contribution < 1.29 is 14.1 Å². The molecule has 1 aliphatic heterocycles. The van der Waals surface area contributed by atoms with Crippen LogP contribution in [0.3, 0.4) is 0 Å². The minimum Gasteiger partial charge on any atom is -0.376 e. The number of carbonyl (C=O) groups excluding carboxylic acids is 2. The summed E-state index contributed by atoms with van der Waals surface area (Å²) in [6.07, 6.45) is 0.